The van der Waals surface area contributed by atoms with Gasteiger partial charge in [0.05, 0.1) is 6.61 Å². The molecule has 3 nitrogen and oxygen atoms in total. The lowest BCUT2D eigenvalue weighted by Crippen LogP contribution is -2.41. The summed E-state index contributed by atoms with van der Waals surface area (Å²) in [5, 5.41) is 3.57. The average Bonchev–Trinajstić information content (AvgIpc) is 2.42. The van der Waals surface area contributed by atoms with E-state index in [2.05, 4.69) is 19.2 Å². The molecule has 0 aromatic carbocycles. The van der Waals surface area contributed by atoms with E-state index in [4.69, 9.17) is 9.47 Å². The number of methoxy groups -OCH3 is 1. The number of hydrogen-bond acceptors (Lipinski definition) is 3. The van der Waals surface area contributed by atoms with Crippen LogP contribution in [0.1, 0.15) is 46.0 Å². The Labute approximate surface area is 113 Å². The highest BCUT2D eigenvalue weighted by atomic mass is 16.5. The molecular weight excluding hydrogens is 226 g/mol. The van der Waals surface area contributed by atoms with Gasteiger partial charge in [0.1, 0.15) is 0 Å². The van der Waals surface area contributed by atoms with Gasteiger partial charge in [-0.25, -0.2) is 0 Å². The monoisotopic (exact) mass is 257 g/mol. The molecule has 1 fully saturated rings. The predicted octanol–water partition coefficient (Wildman–Crippen LogP) is 2.85. The minimum absolute atomic E-state index is 0.461. The smallest absolute Gasteiger partial charge is 0.0587 e. The molecule has 0 bridgehead atoms. The second kappa shape index (κ2) is 8.89. The van der Waals surface area contributed by atoms with Crippen LogP contribution in [0.2, 0.25) is 0 Å². The Balaban J connectivity index is 2.46. The quantitative estimate of drug-likeness (QED) is 0.644. The van der Waals surface area contributed by atoms with E-state index >= 15 is 0 Å². The number of rotatable bonds is 9. The Bertz CT molecular complexity index is 199. The second-order valence-corrected chi connectivity index (χ2v) is 5.67. The van der Waals surface area contributed by atoms with Crippen LogP contribution < -0.4 is 5.32 Å². The summed E-state index contributed by atoms with van der Waals surface area (Å²) in [7, 11) is 1.76. The first-order valence-electron chi connectivity index (χ1n) is 7.53. The van der Waals surface area contributed by atoms with Crippen LogP contribution in [0.15, 0.2) is 0 Å². The number of ether oxygens (including phenoxy) is 2. The third kappa shape index (κ3) is 5.25. The first-order valence-corrected chi connectivity index (χ1v) is 7.53. The molecule has 1 aliphatic rings. The molecule has 0 amide bonds. The van der Waals surface area contributed by atoms with Gasteiger partial charge >= 0.3 is 0 Å². The highest BCUT2D eigenvalue weighted by Gasteiger charge is 2.33. The molecule has 1 heterocycles. The summed E-state index contributed by atoms with van der Waals surface area (Å²) < 4.78 is 10.6. The lowest BCUT2D eigenvalue weighted by Gasteiger charge is -2.40. The standard InChI is InChI=1S/C15H31NO2/c1-4-14(5-2)12-15(6-9-18-10-7-15)13-16-8-11-17-3/h14,16H,4-13H2,1-3H3. The molecular formula is C15H31NO2. The van der Waals surface area contributed by atoms with E-state index in [1.165, 1.54) is 32.1 Å². The highest BCUT2D eigenvalue weighted by molar-refractivity contribution is 4.86. The Morgan fingerprint density at radius 3 is 2.44 bits per heavy atom. The third-order valence-corrected chi connectivity index (χ3v) is 4.41. The summed E-state index contributed by atoms with van der Waals surface area (Å²) in [5.74, 6) is 0.868. The van der Waals surface area contributed by atoms with Gasteiger partial charge in [-0.05, 0) is 30.6 Å². The van der Waals surface area contributed by atoms with E-state index in [-0.39, 0.29) is 0 Å². The Morgan fingerprint density at radius 1 is 1.22 bits per heavy atom. The molecule has 3 heteroatoms. The highest BCUT2D eigenvalue weighted by Crippen LogP contribution is 2.38. The van der Waals surface area contributed by atoms with Gasteiger partial charge in [0, 0.05) is 33.4 Å². The topological polar surface area (TPSA) is 30.5 Å². The van der Waals surface area contributed by atoms with Gasteiger partial charge in [0.25, 0.3) is 0 Å². The zero-order chi connectivity index (χ0) is 13.3. The fourth-order valence-corrected chi connectivity index (χ4v) is 2.97. The van der Waals surface area contributed by atoms with Crippen LogP contribution in [0.4, 0.5) is 0 Å². The van der Waals surface area contributed by atoms with Crippen LogP contribution >= 0.6 is 0 Å². The van der Waals surface area contributed by atoms with Crippen molar-refractivity contribution in [2.75, 3.05) is 40.0 Å². The SMILES string of the molecule is CCC(CC)CC1(CNCCOC)CCOCC1. The predicted molar refractivity (Wildman–Crippen MR) is 75.9 cm³/mol. The number of nitrogens with one attached hydrogen (secondary N) is 1. The largest absolute Gasteiger partial charge is 0.383 e. The molecule has 1 N–H and O–H groups in total. The van der Waals surface area contributed by atoms with E-state index in [1.54, 1.807) is 7.11 Å². The normalized spacial score (nSPS) is 19.3. The van der Waals surface area contributed by atoms with Gasteiger partial charge in [0.15, 0.2) is 0 Å². The Kier molecular flexibility index (Phi) is 7.87. The lowest BCUT2D eigenvalue weighted by molar-refractivity contribution is 0.000851. The molecule has 18 heavy (non-hydrogen) atoms. The molecule has 0 aliphatic carbocycles. The van der Waals surface area contributed by atoms with Gasteiger partial charge in [-0.15, -0.1) is 0 Å². The maximum atomic E-state index is 5.55. The molecule has 0 aromatic rings. The Morgan fingerprint density at radius 2 is 1.89 bits per heavy atom. The molecule has 0 spiro atoms. The van der Waals surface area contributed by atoms with E-state index in [0.29, 0.717) is 5.41 Å². The van der Waals surface area contributed by atoms with E-state index in [9.17, 15) is 0 Å². The van der Waals surface area contributed by atoms with Crippen molar-refractivity contribution in [3.05, 3.63) is 0 Å². The fraction of sp³-hybridized carbons (Fsp3) is 1.00. The molecule has 1 saturated heterocycles. The van der Waals surface area contributed by atoms with Crippen LogP contribution in [-0.2, 0) is 9.47 Å². The van der Waals surface area contributed by atoms with E-state index in [1.807, 2.05) is 0 Å². The van der Waals surface area contributed by atoms with Crippen LogP contribution in [0.3, 0.4) is 0 Å². The third-order valence-electron chi connectivity index (χ3n) is 4.41. The molecule has 1 rings (SSSR count). The lowest BCUT2D eigenvalue weighted by atomic mass is 9.72. The van der Waals surface area contributed by atoms with Crippen molar-refractivity contribution in [3.63, 3.8) is 0 Å². The van der Waals surface area contributed by atoms with Crippen molar-refractivity contribution in [2.45, 2.75) is 46.0 Å². The summed E-state index contributed by atoms with van der Waals surface area (Å²) in [6.45, 7) is 9.40. The molecule has 1 aliphatic heterocycles. The first kappa shape index (κ1) is 15.9. The van der Waals surface area contributed by atoms with Gasteiger partial charge in [-0.3, -0.25) is 0 Å². The molecule has 0 unspecified atom stereocenters. The molecule has 0 radical (unpaired) electrons. The zero-order valence-electron chi connectivity index (χ0n) is 12.5. The van der Waals surface area contributed by atoms with Crippen molar-refractivity contribution in [3.8, 4) is 0 Å². The van der Waals surface area contributed by atoms with Crippen LogP contribution in [0, 0.1) is 11.3 Å². The maximum absolute atomic E-state index is 5.55. The second-order valence-electron chi connectivity index (χ2n) is 5.67. The number of hydrogen-bond donors (Lipinski definition) is 1. The van der Waals surface area contributed by atoms with Crippen molar-refractivity contribution in [1.82, 2.24) is 5.32 Å². The Hall–Kier alpha value is -0.120. The summed E-state index contributed by atoms with van der Waals surface area (Å²) in [6, 6.07) is 0. The fourth-order valence-electron chi connectivity index (χ4n) is 2.97. The zero-order valence-corrected chi connectivity index (χ0v) is 12.5. The van der Waals surface area contributed by atoms with Crippen molar-refractivity contribution >= 4 is 0 Å². The average molecular weight is 257 g/mol. The summed E-state index contributed by atoms with van der Waals surface area (Å²) >= 11 is 0. The molecule has 0 atom stereocenters. The van der Waals surface area contributed by atoms with E-state index < -0.39 is 0 Å². The first-order chi connectivity index (χ1) is 8.76. The summed E-state index contributed by atoms with van der Waals surface area (Å²) in [6.07, 6.45) is 6.38. The maximum Gasteiger partial charge on any atom is 0.0587 e. The molecule has 0 aromatic heterocycles. The minimum atomic E-state index is 0.461. The van der Waals surface area contributed by atoms with Crippen LogP contribution in [0.5, 0.6) is 0 Å². The van der Waals surface area contributed by atoms with Gasteiger partial charge in [-0.1, -0.05) is 26.7 Å². The summed E-state index contributed by atoms with van der Waals surface area (Å²) in [4.78, 5) is 0. The van der Waals surface area contributed by atoms with Crippen molar-refractivity contribution < 1.29 is 9.47 Å². The summed E-state index contributed by atoms with van der Waals surface area (Å²) in [5.41, 5.74) is 0.461. The molecule has 0 saturated carbocycles. The minimum Gasteiger partial charge on any atom is -0.383 e. The van der Waals surface area contributed by atoms with Crippen LogP contribution in [0.25, 0.3) is 0 Å². The van der Waals surface area contributed by atoms with E-state index in [0.717, 1.165) is 38.8 Å². The van der Waals surface area contributed by atoms with Gasteiger partial charge < -0.3 is 14.8 Å². The molecule has 108 valence electrons. The van der Waals surface area contributed by atoms with Crippen molar-refractivity contribution in [1.29, 1.82) is 0 Å². The van der Waals surface area contributed by atoms with Gasteiger partial charge in [-0.2, -0.15) is 0 Å². The van der Waals surface area contributed by atoms with Crippen molar-refractivity contribution in [2.24, 2.45) is 11.3 Å². The van der Waals surface area contributed by atoms with Gasteiger partial charge in [0.2, 0.25) is 0 Å². The van der Waals surface area contributed by atoms with Crippen LogP contribution in [-0.4, -0.2) is 40.0 Å².